The minimum Gasteiger partial charge on any atom is -0.391 e. The second-order valence-corrected chi connectivity index (χ2v) is 5.33. The first-order chi connectivity index (χ1) is 6.98. The molecule has 0 saturated heterocycles. The van der Waals surface area contributed by atoms with Gasteiger partial charge >= 0.3 is 0 Å². The third-order valence-corrected chi connectivity index (χ3v) is 2.93. The fourth-order valence-electron chi connectivity index (χ4n) is 2.15. The Balaban J connectivity index is 2.47. The van der Waals surface area contributed by atoms with Crippen molar-refractivity contribution in [1.82, 2.24) is 0 Å². The first-order valence-electron chi connectivity index (χ1n) is 5.53. The Morgan fingerprint density at radius 2 is 2.07 bits per heavy atom. The first-order valence-corrected chi connectivity index (χ1v) is 5.53. The molecule has 82 valence electrons. The maximum absolute atomic E-state index is 9.59. The predicted molar refractivity (Wildman–Crippen MR) is 63.3 cm³/mol. The van der Waals surface area contributed by atoms with Crippen molar-refractivity contribution in [3.63, 3.8) is 0 Å². The van der Waals surface area contributed by atoms with Crippen LogP contribution < -0.4 is 5.32 Å². The van der Waals surface area contributed by atoms with E-state index in [1.54, 1.807) is 0 Å². The van der Waals surface area contributed by atoms with Crippen molar-refractivity contribution in [2.45, 2.75) is 38.7 Å². The molecule has 1 heterocycles. The van der Waals surface area contributed by atoms with Crippen molar-refractivity contribution in [1.29, 1.82) is 0 Å². The zero-order valence-electron chi connectivity index (χ0n) is 9.67. The van der Waals surface area contributed by atoms with Crippen LogP contribution in [0.1, 0.15) is 31.9 Å². The third-order valence-electron chi connectivity index (χ3n) is 2.93. The Bertz CT molecular complexity index is 365. The molecule has 2 rings (SSSR count). The molecule has 0 aromatic heterocycles. The summed E-state index contributed by atoms with van der Waals surface area (Å²) in [6.45, 7) is 7.32. The molecular formula is C13H19NO. The molecule has 0 radical (unpaired) electrons. The van der Waals surface area contributed by atoms with Gasteiger partial charge in [-0.15, -0.1) is 0 Å². The van der Waals surface area contributed by atoms with Crippen LogP contribution in [0.5, 0.6) is 0 Å². The minimum absolute atomic E-state index is 0.153. The number of benzene rings is 1. The smallest absolute Gasteiger partial charge is 0.0753 e. The zero-order chi connectivity index (χ0) is 11.1. The molecular weight excluding hydrogens is 186 g/mol. The van der Waals surface area contributed by atoms with Crippen molar-refractivity contribution in [2.75, 3.05) is 11.9 Å². The number of rotatable bonds is 0. The highest BCUT2D eigenvalue weighted by Crippen LogP contribution is 2.34. The summed E-state index contributed by atoms with van der Waals surface area (Å²) in [6.07, 6.45) is 0.527. The first kappa shape index (κ1) is 10.5. The summed E-state index contributed by atoms with van der Waals surface area (Å²) >= 11 is 0. The van der Waals surface area contributed by atoms with E-state index in [2.05, 4.69) is 44.3 Å². The molecule has 2 N–H and O–H groups in total. The van der Waals surface area contributed by atoms with Gasteiger partial charge in [-0.3, -0.25) is 0 Å². The number of hydrogen-bond acceptors (Lipinski definition) is 2. The summed E-state index contributed by atoms with van der Waals surface area (Å²) in [5, 5.41) is 12.9. The number of β-amino-alcohol motifs (C(OH)–C–C–N with tert-alkyl or cyclic N) is 1. The lowest BCUT2D eigenvalue weighted by atomic mass is 9.83. The van der Waals surface area contributed by atoms with Gasteiger partial charge in [-0.25, -0.2) is 0 Å². The second-order valence-electron chi connectivity index (χ2n) is 5.33. The Morgan fingerprint density at radius 1 is 1.33 bits per heavy atom. The van der Waals surface area contributed by atoms with Crippen LogP contribution in [0, 0.1) is 0 Å². The molecule has 0 amide bonds. The molecule has 1 aliphatic heterocycles. The van der Waals surface area contributed by atoms with Crippen molar-refractivity contribution < 1.29 is 5.11 Å². The molecule has 0 fully saturated rings. The van der Waals surface area contributed by atoms with Crippen molar-refractivity contribution in [2.24, 2.45) is 0 Å². The maximum atomic E-state index is 9.59. The lowest BCUT2D eigenvalue weighted by Crippen LogP contribution is -2.29. The summed E-state index contributed by atoms with van der Waals surface area (Å²) in [6, 6.07) is 6.35. The van der Waals surface area contributed by atoms with Gasteiger partial charge in [0.05, 0.1) is 6.10 Å². The predicted octanol–water partition coefficient (Wildman–Crippen LogP) is 2.31. The standard InChI is InChI=1S/C13H19NO/c1-13(2,3)11-6-4-5-9-7-10(15)8-14-12(9)11/h4-6,10,14-15H,7-8H2,1-3H3. The molecule has 0 spiro atoms. The number of anilines is 1. The maximum Gasteiger partial charge on any atom is 0.0753 e. The summed E-state index contributed by atoms with van der Waals surface area (Å²) in [5.74, 6) is 0. The van der Waals surface area contributed by atoms with E-state index in [-0.39, 0.29) is 11.5 Å². The van der Waals surface area contributed by atoms with Crippen LogP contribution in [0.2, 0.25) is 0 Å². The number of para-hydroxylation sites is 1. The number of aliphatic hydroxyl groups is 1. The Hall–Kier alpha value is -1.02. The van der Waals surface area contributed by atoms with Gasteiger partial charge in [-0.05, 0) is 16.5 Å². The normalized spacial score (nSPS) is 20.7. The number of hydrogen-bond donors (Lipinski definition) is 2. The van der Waals surface area contributed by atoms with Crippen LogP contribution in [0.25, 0.3) is 0 Å². The Labute approximate surface area is 91.3 Å². The van der Waals surface area contributed by atoms with Crippen LogP contribution in [0.4, 0.5) is 5.69 Å². The summed E-state index contributed by atoms with van der Waals surface area (Å²) in [4.78, 5) is 0. The van der Waals surface area contributed by atoms with Gasteiger partial charge in [0.15, 0.2) is 0 Å². The zero-order valence-corrected chi connectivity index (χ0v) is 9.67. The molecule has 1 aromatic carbocycles. The van der Waals surface area contributed by atoms with Gasteiger partial charge in [-0.2, -0.15) is 0 Å². The topological polar surface area (TPSA) is 32.3 Å². The van der Waals surface area contributed by atoms with Crippen molar-refractivity contribution >= 4 is 5.69 Å². The number of aliphatic hydroxyl groups excluding tert-OH is 1. The number of nitrogens with one attached hydrogen (secondary N) is 1. The fourth-order valence-corrected chi connectivity index (χ4v) is 2.15. The minimum atomic E-state index is -0.243. The van der Waals surface area contributed by atoms with Crippen LogP contribution in [-0.4, -0.2) is 17.8 Å². The lowest BCUT2D eigenvalue weighted by Gasteiger charge is -2.30. The van der Waals surface area contributed by atoms with E-state index in [4.69, 9.17) is 0 Å². The van der Waals surface area contributed by atoms with Crippen molar-refractivity contribution in [3.05, 3.63) is 29.3 Å². The lowest BCUT2D eigenvalue weighted by molar-refractivity contribution is 0.184. The van der Waals surface area contributed by atoms with E-state index < -0.39 is 0 Å². The monoisotopic (exact) mass is 205 g/mol. The molecule has 1 aromatic rings. The quantitative estimate of drug-likeness (QED) is 0.681. The van der Waals surface area contributed by atoms with Crippen LogP contribution in [0.3, 0.4) is 0 Å². The molecule has 15 heavy (non-hydrogen) atoms. The summed E-state index contributed by atoms with van der Waals surface area (Å²) < 4.78 is 0. The van der Waals surface area contributed by atoms with Gasteiger partial charge in [0.2, 0.25) is 0 Å². The van der Waals surface area contributed by atoms with E-state index in [1.807, 2.05) is 0 Å². The van der Waals surface area contributed by atoms with Gasteiger partial charge in [0, 0.05) is 18.7 Å². The SMILES string of the molecule is CC(C)(C)c1cccc2c1NCC(O)C2. The van der Waals surface area contributed by atoms with Crippen LogP contribution in [0.15, 0.2) is 18.2 Å². The molecule has 0 aliphatic carbocycles. The number of fused-ring (bicyclic) bond motifs is 1. The third kappa shape index (κ3) is 2.00. The van der Waals surface area contributed by atoms with Crippen molar-refractivity contribution in [3.8, 4) is 0 Å². The second kappa shape index (κ2) is 3.53. The molecule has 1 unspecified atom stereocenters. The van der Waals surface area contributed by atoms with E-state index >= 15 is 0 Å². The molecule has 1 aliphatic rings. The fraction of sp³-hybridized carbons (Fsp3) is 0.538. The highest BCUT2D eigenvalue weighted by molar-refractivity contribution is 5.61. The van der Waals surface area contributed by atoms with Gasteiger partial charge in [0.1, 0.15) is 0 Å². The van der Waals surface area contributed by atoms with E-state index in [0.29, 0.717) is 6.54 Å². The summed E-state index contributed by atoms with van der Waals surface area (Å²) in [7, 11) is 0. The van der Waals surface area contributed by atoms with E-state index in [0.717, 1.165) is 6.42 Å². The average Bonchev–Trinajstić information content (AvgIpc) is 2.15. The van der Waals surface area contributed by atoms with Gasteiger partial charge in [0.25, 0.3) is 0 Å². The van der Waals surface area contributed by atoms with Crippen LogP contribution >= 0.6 is 0 Å². The molecule has 1 atom stereocenters. The summed E-state index contributed by atoms with van der Waals surface area (Å²) in [5.41, 5.74) is 3.96. The molecule has 0 saturated carbocycles. The van der Waals surface area contributed by atoms with E-state index in [9.17, 15) is 5.11 Å². The Kier molecular flexibility index (Phi) is 2.47. The van der Waals surface area contributed by atoms with Gasteiger partial charge < -0.3 is 10.4 Å². The largest absolute Gasteiger partial charge is 0.391 e. The van der Waals surface area contributed by atoms with Crippen LogP contribution in [-0.2, 0) is 11.8 Å². The van der Waals surface area contributed by atoms with E-state index in [1.165, 1.54) is 16.8 Å². The molecule has 0 bridgehead atoms. The Morgan fingerprint density at radius 3 is 2.73 bits per heavy atom. The molecule has 2 heteroatoms. The highest BCUT2D eigenvalue weighted by Gasteiger charge is 2.23. The highest BCUT2D eigenvalue weighted by atomic mass is 16.3. The van der Waals surface area contributed by atoms with Gasteiger partial charge in [-0.1, -0.05) is 39.0 Å². The average molecular weight is 205 g/mol. The molecule has 2 nitrogen and oxygen atoms in total.